The predicted molar refractivity (Wildman–Crippen MR) is 82.8 cm³/mol. The second-order valence-electron chi connectivity index (χ2n) is 5.70. The van der Waals surface area contributed by atoms with Crippen molar-refractivity contribution in [3.8, 4) is 0 Å². The van der Waals surface area contributed by atoms with Crippen LogP contribution in [0.1, 0.15) is 18.4 Å². The molecule has 0 saturated carbocycles. The van der Waals surface area contributed by atoms with E-state index in [1.165, 1.54) is 0 Å². The van der Waals surface area contributed by atoms with Crippen LogP contribution in [0.15, 0.2) is 42.5 Å². The minimum Gasteiger partial charge on any atom is -0.459 e. The second-order valence-corrected chi connectivity index (χ2v) is 5.70. The molecule has 1 aliphatic heterocycles. The van der Waals surface area contributed by atoms with Crippen molar-refractivity contribution in [1.29, 1.82) is 0 Å². The molecule has 0 bridgehead atoms. The third-order valence-electron chi connectivity index (χ3n) is 3.63. The quantitative estimate of drug-likeness (QED) is 0.499. The second kappa shape index (κ2) is 8.20. The van der Waals surface area contributed by atoms with E-state index in [4.69, 9.17) is 4.74 Å². The van der Waals surface area contributed by atoms with Crippen molar-refractivity contribution in [2.24, 2.45) is 0 Å². The number of ether oxygens (including phenoxy) is 2. The topological polar surface area (TPSA) is 64.6 Å². The maximum atomic E-state index is 14.2. The average molecular weight is 375 g/mol. The van der Waals surface area contributed by atoms with Crippen LogP contribution in [0.2, 0.25) is 0 Å². The molecule has 0 radical (unpaired) electrons. The van der Waals surface area contributed by atoms with Crippen molar-refractivity contribution < 1.29 is 36.6 Å². The lowest BCUT2D eigenvalue weighted by Crippen LogP contribution is -2.51. The summed E-state index contributed by atoms with van der Waals surface area (Å²) < 4.78 is 64.3. The number of nitrogens with one attached hydrogen (secondary N) is 1. The SMILES string of the molecule is O=C(NC1COC(=O)C(F)(F)C/C=C\CC1(F)F)OCc1ccccc1. The van der Waals surface area contributed by atoms with Crippen LogP contribution in [-0.2, 0) is 20.9 Å². The Morgan fingerprint density at radius 2 is 1.81 bits per heavy atom. The molecule has 1 unspecified atom stereocenters. The highest BCUT2D eigenvalue weighted by molar-refractivity contribution is 5.77. The molecule has 26 heavy (non-hydrogen) atoms. The smallest absolute Gasteiger partial charge is 0.408 e. The lowest BCUT2D eigenvalue weighted by atomic mass is 10.1. The summed E-state index contributed by atoms with van der Waals surface area (Å²) in [5.41, 5.74) is 0.634. The number of amides is 1. The first-order chi connectivity index (χ1) is 12.2. The van der Waals surface area contributed by atoms with Crippen molar-refractivity contribution in [2.45, 2.75) is 37.3 Å². The number of alkyl halides is 4. The molecule has 1 aliphatic rings. The highest BCUT2D eigenvalue weighted by Gasteiger charge is 2.45. The van der Waals surface area contributed by atoms with Gasteiger partial charge in [0, 0.05) is 12.8 Å². The largest absolute Gasteiger partial charge is 0.459 e. The Bertz CT molecular complexity index is 664. The van der Waals surface area contributed by atoms with Crippen molar-refractivity contribution in [1.82, 2.24) is 5.32 Å². The minimum absolute atomic E-state index is 0.164. The maximum absolute atomic E-state index is 14.2. The number of hydrogen-bond donors (Lipinski definition) is 1. The van der Waals surface area contributed by atoms with Crippen molar-refractivity contribution in [3.05, 3.63) is 48.0 Å². The van der Waals surface area contributed by atoms with Gasteiger partial charge >= 0.3 is 18.0 Å². The van der Waals surface area contributed by atoms with Crippen LogP contribution in [0.5, 0.6) is 0 Å². The number of carbonyl (C=O) groups is 2. The molecule has 1 aromatic carbocycles. The molecule has 0 saturated heterocycles. The Labute approximate surface area is 147 Å². The van der Waals surface area contributed by atoms with Crippen molar-refractivity contribution >= 4 is 12.1 Å². The number of rotatable bonds is 3. The number of allylic oxidation sites excluding steroid dienone is 2. The molecule has 0 spiro atoms. The predicted octanol–water partition coefficient (Wildman–Crippen LogP) is 3.45. The summed E-state index contributed by atoms with van der Waals surface area (Å²) in [6.07, 6.45) is -1.48. The number of esters is 1. The van der Waals surface area contributed by atoms with Gasteiger partial charge in [0.25, 0.3) is 5.92 Å². The molecular formula is C17H17F4NO4. The molecule has 2 rings (SSSR count). The molecule has 0 aromatic heterocycles. The zero-order chi connectivity index (χ0) is 19.2. The van der Waals surface area contributed by atoms with E-state index >= 15 is 0 Å². The molecular weight excluding hydrogens is 358 g/mol. The zero-order valence-electron chi connectivity index (χ0n) is 13.6. The maximum Gasteiger partial charge on any atom is 0.408 e. The molecule has 1 heterocycles. The molecule has 5 nitrogen and oxygen atoms in total. The highest BCUT2D eigenvalue weighted by atomic mass is 19.3. The fourth-order valence-electron chi connectivity index (χ4n) is 2.14. The number of cyclic esters (lactones) is 1. The van der Waals surface area contributed by atoms with Gasteiger partial charge in [0.15, 0.2) is 0 Å². The normalized spacial score (nSPS) is 23.4. The van der Waals surface area contributed by atoms with E-state index in [1.54, 1.807) is 30.3 Å². The lowest BCUT2D eigenvalue weighted by Gasteiger charge is -2.27. The summed E-state index contributed by atoms with van der Waals surface area (Å²) in [7, 11) is 0. The Morgan fingerprint density at radius 1 is 1.15 bits per heavy atom. The first-order valence-corrected chi connectivity index (χ1v) is 7.76. The Balaban J connectivity index is 2.01. The van der Waals surface area contributed by atoms with E-state index < -0.39 is 49.4 Å². The lowest BCUT2D eigenvalue weighted by molar-refractivity contribution is -0.175. The molecule has 1 aromatic rings. The zero-order valence-corrected chi connectivity index (χ0v) is 13.6. The van der Waals surface area contributed by atoms with Gasteiger partial charge in [-0.1, -0.05) is 42.5 Å². The number of carbonyl (C=O) groups excluding carboxylic acids is 2. The van der Waals surface area contributed by atoms with Gasteiger partial charge < -0.3 is 14.8 Å². The standard InChI is InChI=1S/C17H17F4NO4/c18-16(19)8-4-5-9-17(20,21)14(23)25-11-13(16)22-15(24)26-10-12-6-2-1-3-7-12/h1-7,13H,8-11H2,(H,22,24)/b5-4-. The molecule has 142 valence electrons. The molecule has 1 atom stereocenters. The average Bonchev–Trinajstić information content (AvgIpc) is 2.60. The summed E-state index contributed by atoms with van der Waals surface area (Å²) in [6, 6.07) is 6.49. The van der Waals surface area contributed by atoms with Crippen molar-refractivity contribution in [3.63, 3.8) is 0 Å². The van der Waals surface area contributed by atoms with E-state index in [9.17, 15) is 27.2 Å². The van der Waals surface area contributed by atoms with Gasteiger partial charge in [0.2, 0.25) is 0 Å². The molecule has 1 N–H and O–H groups in total. The van der Waals surface area contributed by atoms with Crippen LogP contribution in [0.4, 0.5) is 22.4 Å². The Hall–Kier alpha value is -2.58. The Kier molecular flexibility index (Phi) is 6.23. The Morgan fingerprint density at radius 3 is 2.50 bits per heavy atom. The molecule has 0 fully saturated rings. The van der Waals surface area contributed by atoms with Gasteiger partial charge in [0.05, 0.1) is 0 Å². The van der Waals surface area contributed by atoms with Crippen LogP contribution in [-0.4, -0.2) is 36.6 Å². The first-order valence-electron chi connectivity index (χ1n) is 7.76. The number of alkyl carbamates (subject to hydrolysis) is 1. The summed E-state index contributed by atoms with van der Waals surface area (Å²) >= 11 is 0. The number of hydrogen-bond acceptors (Lipinski definition) is 4. The summed E-state index contributed by atoms with van der Waals surface area (Å²) in [5.74, 6) is -9.26. The van der Waals surface area contributed by atoms with E-state index in [0.717, 1.165) is 12.2 Å². The third-order valence-corrected chi connectivity index (χ3v) is 3.63. The van der Waals surface area contributed by atoms with E-state index in [-0.39, 0.29) is 6.61 Å². The fraction of sp³-hybridized carbons (Fsp3) is 0.412. The fourth-order valence-corrected chi connectivity index (χ4v) is 2.14. The minimum atomic E-state index is -3.82. The van der Waals surface area contributed by atoms with Crippen LogP contribution in [0, 0.1) is 0 Å². The van der Waals surface area contributed by atoms with Gasteiger partial charge in [-0.3, -0.25) is 0 Å². The van der Waals surface area contributed by atoms with E-state index in [0.29, 0.717) is 5.56 Å². The van der Waals surface area contributed by atoms with Crippen LogP contribution in [0.25, 0.3) is 0 Å². The first kappa shape index (κ1) is 19.7. The van der Waals surface area contributed by atoms with Crippen LogP contribution < -0.4 is 5.32 Å². The van der Waals surface area contributed by atoms with Gasteiger partial charge in [-0.2, -0.15) is 8.78 Å². The molecule has 9 heteroatoms. The monoisotopic (exact) mass is 375 g/mol. The van der Waals surface area contributed by atoms with Gasteiger partial charge in [-0.05, 0) is 5.56 Å². The highest BCUT2D eigenvalue weighted by Crippen LogP contribution is 2.28. The van der Waals surface area contributed by atoms with Gasteiger partial charge in [0.1, 0.15) is 19.3 Å². The third kappa shape index (κ3) is 5.47. The van der Waals surface area contributed by atoms with E-state index in [1.807, 2.05) is 5.32 Å². The van der Waals surface area contributed by atoms with Crippen molar-refractivity contribution in [2.75, 3.05) is 6.61 Å². The van der Waals surface area contributed by atoms with Crippen LogP contribution in [0.3, 0.4) is 0 Å². The van der Waals surface area contributed by atoms with Crippen LogP contribution >= 0.6 is 0 Å². The summed E-state index contributed by atoms with van der Waals surface area (Å²) in [5, 5.41) is 1.88. The van der Waals surface area contributed by atoms with Gasteiger partial charge in [-0.25, -0.2) is 18.4 Å². The van der Waals surface area contributed by atoms with Gasteiger partial charge in [-0.15, -0.1) is 0 Å². The van der Waals surface area contributed by atoms with E-state index in [2.05, 4.69) is 4.74 Å². The molecule has 0 aliphatic carbocycles. The summed E-state index contributed by atoms with van der Waals surface area (Å²) in [6.45, 7) is -1.27. The summed E-state index contributed by atoms with van der Waals surface area (Å²) in [4.78, 5) is 23.1. The number of benzene rings is 1. The molecule has 1 amide bonds. The number of halogens is 4.